The molecule has 0 saturated carbocycles. The molecule has 1 aromatic rings. The van der Waals surface area contributed by atoms with E-state index >= 15 is 0 Å². The maximum absolute atomic E-state index is 8.54. The van der Waals surface area contributed by atoms with Crippen LogP contribution in [0.5, 0.6) is 0 Å². The van der Waals surface area contributed by atoms with Crippen molar-refractivity contribution >= 4 is 0 Å². The molecule has 0 atom stereocenters. The number of aromatic nitrogens is 3. The molecule has 0 aliphatic carbocycles. The highest BCUT2D eigenvalue weighted by molar-refractivity contribution is 4.83. The molecule has 1 aromatic heterocycles. The topological polar surface area (TPSA) is 72.2 Å². The van der Waals surface area contributed by atoms with Gasteiger partial charge >= 0.3 is 0 Å². The van der Waals surface area contributed by atoms with E-state index < -0.39 is 0 Å². The molecule has 0 saturated heterocycles. The summed E-state index contributed by atoms with van der Waals surface area (Å²) in [6.07, 6.45) is 2.53. The van der Waals surface area contributed by atoms with Crippen molar-refractivity contribution < 1.29 is 9.84 Å². The van der Waals surface area contributed by atoms with Crippen LogP contribution in [-0.2, 0) is 17.8 Å². The standard InChI is InChI=1S/C12H24N4O2/c1-11(2)9-16-12(14-10-15-16)8-13-4-3-6-18-7-5-17/h10-11,13,17H,3-9H2,1-2H3. The second-order valence-electron chi connectivity index (χ2n) is 4.62. The minimum Gasteiger partial charge on any atom is -0.394 e. The average Bonchev–Trinajstić information content (AvgIpc) is 2.75. The average molecular weight is 256 g/mol. The molecule has 6 heteroatoms. The number of nitrogens with one attached hydrogen (secondary N) is 1. The van der Waals surface area contributed by atoms with Gasteiger partial charge in [0.1, 0.15) is 12.2 Å². The Bertz CT molecular complexity index is 315. The normalized spacial score (nSPS) is 11.3. The molecule has 1 rings (SSSR count). The van der Waals surface area contributed by atoms with Gasteiger partial charge in [0.05, 0.1) is 19.8 Å². The van der Waals surface area contributed by atoms with Crippen molar-refractivity contribution in [3.05, 3.63) is 12.2 Å². The first kappa shape index (κ1) is 15.1. The molecule has 0 aromatic carbocycles. The van der Waals surface area contributed by atoms with Crippen LogP contribution in [-0.4, -0.2) is 46.2 Å². The van der Waals surface area contributed by atoms with Crippen LogP contribution < -0.4 is 5.32 Å². The van der Waals surface area contributed by atoms with E-state index in [0.717, 1.165) is 31.9 Å². The SMILES string of the molecule is CC(C)Cn1ncnc1CNCCCOCCO. The largest absolute Gasteiger partial charge is 0.394 e. The Balaban J connectivity index is 2.13. The monoisotopic (exact) mass is 256 g/mol. The Morgan fingerprint density at radius 3 is 3.00 bits per heavy atom. The molecule has 18 heavy (non-hydrogen) atoms. The first-order valence-corrected chi connectivity index (χ1v) is 6.50. The predicted octanol–water partition coefficient (Wildman–Crippen LogP) is 0.423. The van der Waals surface area contributed by atoms with Crippen LogP contribution in [0.25, 0.3) is 0 Å². The Morgan fingerprint density at radius 2 is 2.28 bits per heavy atom. The van der Waals surface area contributed by atoms with Crippen LogP contribution >= 0.6 is 0 Å². The van der Waals surface area contributed by atoms with Crippen LogP contribution in [0.1, 0.15) is 26.1 Å². The summed E-state index contributed by atoms with van der Waals surface area (Å²) in [5.41, 5.74) is 0. The smallest absolute Gasteiger partial charge is 0.140 e. The molecule has 0 aliphatic heterocycles. The number of aliphatic hydroxyl groups is 1. The van der Waals surface area contributed by atoms with Crippen LogP contribution in [0.15, 0.2) is 6.33 Å². The summed E-state index contributed by atoms with van der Waals surface area (Å²) in [6.45, 7) is 8.01. The third-order valence-corrected chi connectivity index (χ3v) is 2.39. The van der Waals surface area contributed by atoms with Crippen LogP contribution in [0.2, 0.25) is 0 Å². The molecule has 104 valence electrons. The lowest BCUT2D eigenvalue weighted by atomic mass is 10.2. The summed E-state index contributed by atoms with van der Waals surface area (Å²) < 4.78 is 7.12. The number of hydrogen-bond donors (Lipinski definition) is 2. The molecule has 0 spiro atoms. The molecule has 1 heterocycles. The fourth-order valence-corrected chi connectivity index (χ4v) is 1.59. The molecule has 0 unspecified atom stereocenters. The lowest BCUT2D eigenvalue weighted by Crippen LogP contribution is -2.21. The van der Waals surface area contributed by atoms with Gasteiger partial charge in [0.2, 0.25) is 0 Å². The van der Waals surface area contributed by atoms with Crippen molar-refractivity contribution in [2.24, 2.45) is 5.92 Å². The minimum atomic E-state index is 0.0890. The van der Waals surface area contributed by atoms with E-state index in [4.69, 9.17) is 9.84 Å². The third kappa shape index (κ3) is 6.09. The summed E-state index contributed by atoms with van der Waals surface area (Å²) >= 11 is 0. The number of aliphatic hydroxyl groups excluding tert-OH is 1. The van der Waals surface area contributed by atoms with E-state index in [1.54, 1.807) is 6.33 Å². The lowest BCUT2D eigenvalue weighted by Gasteiger charge is -2.09. The summed E-state index contributed by atoms with van der Waals surface area (Å²) in [7, 11) is 0. The molecular weight excluding hydrogens is 232 g/mol. The van der Waals surface area contributed by atoms with Crippen LogP contribution in [0, 0.1) is 5.92 Å². The van der Waals surface area contributed by atoms with E-state index in [-0.39, 0.29) is 6.61 Å². The first-order chi connectivity index (χ1) is 8.74. The second kappa shape index (κ2) is 9.02. The zero-order chi connectivity index (χ0) is 13.2. The number of ether oxygens (including phenoxy) is 1. The van der Waals surface area contributed by atoms with Gasteiger partial charge in [-0.15, -0.1) is 0 Å². The Kier molecular flexibility index (Phi) is 7.55. The van der Waals surface area contributed by atoms with E-state index in [0.29, 0.717) is 19.1 Å². The van der Waals surface area contributed by atoms with Gasteiger partial charge in [-0.05, 0) is 18.9 Å². The van der Waals surface area contributed by atoms with Gasteiger partial charge in [0.15, 0.2) is 0 Å². The van der Waals surface area contributed by atoms with Crippen molar-refractivity contribution in [3.8, 4) is 0 Å². The van der Waals surface area contributed by atoms with Gasteiger partial charge in [-0.1, -0.05) is 13.8 Å². The minimum absolute atomic E-state index is 0.0890. The zero-order valence-corrected chi connectivity index (χ0v) is 11.3. The Morgan fingerprint density at radius 1 is 1.44 bits per heavy atom. The number of rotatable bonds is 10. The zero-order valence-electron chi connectivity index (χ0n) is 11.3. The van der Waals surface area contributed by atoms with Gasteiger partial charge in [0, 0.05) is 13.2 Å². The van der Waals surface area contributed by atoms with E-state index in [1.165, 1.54) is 0 Å². The van der Waals surface area contributed by atoms with Crippen molar-refractivity contribution in [3.63, 3.8) is 0 Å². The fourth-order valence-electron chi connectivity index (χ4n) is 1.59. The molecule has 0 aliphatic rings. The van der Waals surface area contributed by atoms with Crippen LogP contribution in [0.3, 0.4) is 0 Å². The van der Waals surface area contributed by atoms with Crippen molar-refractivity contribution in [2.45, 2.75) is 33.4 Å². The van der Waals surface area contributed by atoms with Gasteiger partial charge in [-0.3, -0.25) is 0 Å². The number of nitrogens with zero attached hydrogens (tertiary/aromatic N) is 3. The highest BCUT2D eigenvalue weighted by Crippen LogP contribution is 2.00. The quantitative estimate of drug-likeness (QED) is 0.594. The highest BCUT2D eigenvalue weighted by Gasteiger charge is 2.05. The molecule has 0 bridgehead atoms. The predicted molar refractivity (Wildman–Crippen MR) is 69.1 cm³/mol. The van der Waals surface area contributed by atoms with E-state index in [9.17, 15) is 0 Å². The van der Waals surface area contributed by atoms with Crippen molar-refractivity contribution in [2.75, 3.05) is 26.4 Å². The van der Waals surface area contributed by atoms with Gasteiger partial charge < -0.3 is 15.2 Å². The molecule has 0 radical (unpaired) electrons. The maximum atomic E-state index is 8.54. The molecule has 6 nitrogen and oxygen atoms in total. The fraction of sp³-hybridized carbons (Fsp3) is 0.833. The van der Waals surface area contributed by atoms with Gasteiger partial charge in [0.25, 0.3) is 0 Å². The molecule has 0 fully saturated rings. The summed E-state index contributed by atoms with van der Waals surface area (Å²) in [6, 6.07) is 0. The summed E-state index contributed by atoms with van der Waals surface area (Å²) in [5, 5.41) is 16.1. The Labute approximate surface area is 108 Å². The highest BCUT2D eigenvalue weighted by atomic mass is 16.5. The van der Waals surface area contributed by atoms with E-state index in [2.05, 4.69) is 29.2 Å². The van der Waals surface area contributed by atoms with E-state index in [1.807, 2.05) is 4.68 Å². The molecule has 0 amide bonds. The Hall–Kier alpha value is -0.980. The molecular formula is C12H24N4O2. The van der Waals surface area contributed by atoms with Crippen molar-refractivity contribution in [1.29, 1.82) is 0 Å². The van der Waals surface area contributed by atoms with Crippen LogP contribution in [0.4, 0.5) is 0 Å². The maximum Gasteiger partial charge on any atom is 0.140 e. The third-order valence-electron chi connectivity index (χ3n) is 2.39. The molecule has 2 N–H and O–H groups in total. The van der Waals surface area contributed by atoms with Gasteiger partial charge in [-0.2, -0.15) is 5.10 Å². The van der Waals surface area contributed by atoms with Crippen molar-refractivity contribution in [1.82, 2.24) is 20.1 Å². The lowest BCUT2D eigenvalue weighted by molar-refractivity contribution is 0.0907. The number of hydrogen-bond acceptors (Lipinski definition) is 5. The summed E-state index contributed by atoms with van der Waals surface area (Å²) in [4.78, 5) is 4.24. The van der Waals surface area contributed by atoms with Gasteiger partial charge in [-0.25, -0.2) is 9.67 Å². The summed E-state index contributed by atoms with van der Waals surface area (Å²) in [5.74, 6) is 1.54. The first-order valence-electron chi connectivity index (χ1n) is 6.50. The second-order valence-corrected chi connectivity index (χ2v) is 4.62.